The molecule has 2 N–H and O–H groups in total. The predicted octanol–water partition coefficient (Wildman–Crippen LogP) is -1.43. The first-order valence-electron chi connectivity index (χ1n) is 2.57. The second-order valence-corrected chi connectivity index (χ2v) is 3.85. The van der Waals surface area contributed by atoms with Gasteiger partial charge in [-0.15, -0.1) is 0 Å². The van der Waals surface area contributed by atoms with E-state index in [0.717, 1.165) is 0 Å². The smallest absolute Gasteiger partial charge is 0.485 e. The Morgan fingerprint density at radius 2 is 1.64 bits per heavy atom. The molecular weight excluding hydrogens is 186 g/mol. The van der Waals surface area contributed by atoms with Gasteiger partial charge in [-0.3, -0.25) is 0 Å². The fraction of sp³-hybridized carbons (Fsp3) is 1.00. The summed E-state index contributed by atoms with van der Waals surface area (Å²) in [6.45, 7) is 0. The molecule has 0 saturated heterocycles. The summed E-state index contributed by atoms with van der Waals surface area (Å²) < 4.78 is 23.5. The second kappa shape index (κ2) is 10.8. The van der Waals surface area contributed by atoms with Crippen LogP contribution in [0.5, 0.6) is 0 Å². The van der Waals surface area contributed by atoms with Gasteiger partial charge in [-0.2, -0.15) is 0 Å². The van der Waals surface area contributed by atoms with Crippen molar-refractivity contribution in [1.82, 2.24) is 0 Å². The molecule has 1 radical (unpaired) electrons. The van der Waals surface area contributed by atoms with Gasteiger partial charge >= 0.3 is 31.0 Å². The Balaban J connectivity index is 0. The van der Waals surface area contributed by atoms with Gasteiger partial charge in [-0.1, -0.05) is 0 Å². The monoisotopic (exact) mass is 197 g/mol. The van der Waals surface area contributed by atoms with Crippen molar-refractivity contribution in [2.75, 3.05) is 21.3 Å². The van der Waals surface area contributed by atoms with Crippen LogP contribution in [0.15, 0.2) is 0 Å². The molecule has 8 heteroatoms. The van der Waals surface area contributed by atoms with Crippen molar-refractivity contribution in [2.24, 2.45) is 0 Å². The number of hydrogen-bond donors (Lipinski definition) is 0. The minimum absolute atomic E-state index is 0. The van der Waals surface area contributed by atoms with Gasteiger partial charge in [-0.25, -0.2) is 0 Å². The average Bonchev–Trinajstić information content (AvgIpc) is 1.99. The van der Waals surface area contributed by atoms with Gasteiger partial charge in [0.2, 0.25) is 0 Å². The van der Waals surface area contributed by atoms with E-state index in [4.69, 9.17) is 7.58 Å². The highest BCUT2D eigenvalue weighted by Gasteiger charge is 2.29. The third-order valence-corrected chi connectivity index (χ3v) is 2.30. The molecule has 0 spiro atoms. The molecule has 0 rings (SSSR count). The van der Waals surface area contributed by atoms with Crippen molar-refractivity contribution < 1.29 is 24.7 Å². The fourth-order valence-corrected chi connectivity index (χ4v) is 1.25. The summed E-state index contributed by atoms with van der Waals surface area (Å²) in [5.74, 6) is 0. The summed E-state index contributed by atoms with van der Waals surface area (Å²) in [7, 11) is 4.55. The summed E-state index contributed by atoms with van der Waals surface area (Å²) in [6, 6.07) is 0. The molecule has 0 aromatic rings. The van der Waals surface area contributed by atoms with E-state index in [2.05, 4.69) is 11.7 Å². The summed E-state index contributed by atoms with van der Waals surface area (Å²) in [5.41, 5.74) is 0. The van der Waals surface area contributed by atoms with Gasteiger partial charge in [0.05, 0.1) is 0 Å². The zero-order valence-electron chi connectivity index (χ0n) is 6.70. The molecule has 0 aliphatic heterocycles. The standard InChI is InChI=1S/3CH3O.2Al.O2.H2O/c3*1-2;;;1-2;/h3*1H3;;;;1H2/q3*-1;+2;+3;-2;. The molecule has 0 aliphatic carbocycles. The van der Waals surface area contributed by atoms with Crippen molar-refractivity contribution in [3.05, 3.63) is 0 Å². The van der Waals surface area contributed by atoms with Gasteiger partial charge < -0.3 is 24.7 Å². The van der Waals surface area contributed by atoms with E-state index in [0.29, 0.717) is 0 Å². The Hall–Kier alpha value is 0.825. The van der Waals surface area contributed by atoms with E-state index in [1.165, 1.54) is 21.3 Å². The van der Waals surface area contributed by atoms with E-state index in [1.54, 1.807) is 0 Å². The quantitative estimate of drug-likeness (QED) is 0.226. The lowest BCUT2D eigenvalue weighted by Gasteiger charge is -2.05. The summed E-state index contributed by atoms with van der Waals surface area (Å²) in [6.07, 6.45) is 0. The van der Waals surface area contributed by atoms with Crippen molar-refractivity contribution in [2.45, 2.75) is 0 Å². The normalized spacial score (nSPS) is 8.64. The Kier molecular flexibility index (Phi) is 14.1. The molecular formula is C3H11Al2O6. The topological polar surface area (TPSA) is 77.7 Å². The maximum Gasteiger partial charge on any atom is 0.931 e. The Labute approximate surface area is 77.3 Å². The maximum atomic E-state index is 4.77. The lowest BCUT2D eigenvalue weighted by molar-refractivity contribution is -0.155. The van der Waals surface area contributed by atoms with Crippen molar-refractivity contribution in [3.8, 4) is 0 Å². The lowest BCUT2D eigenvalue weighted by Crippen LogP contribution is -2.25. The average molecular weight is 197 g/mol. The van der Waals surface area contributed by atoms with Crippen LogP contribution >= 0.6 is 0 Å². The summed E-state index contributed by atoms with van der Waals surface area (Å²) >= 11 is -2.57. The van der Waals surface area contributed by atoms with Gasteiger partial charge in [0, 0.05) is 21.3 Å². The van der Waals surface area contributed by atoms with E-state index in [9.17, 15) is 0 Å². The molecule has 6 nitrogen and oxygen atoms in total. The molecule has 0 unspecified atom stereocenters. The summed E-state index contributed by atoms with van der Waals surface area (Å²) in [4.78, 5) is 0. The first-order chi connectivity index (χ1) is 4.85. The Morgan fingerprint density at radius 1 is 1.09 bits per heavy atom. The zero-order chi connectivity index (χ0) is 7.82. The van der Waals surface area contributed by atoms with E-state index >= 15 is 0 Å². The van der Waals surface area contributed by atoms with Crippen LogP contribution in [0, 0.1) is 0 Å². The van der Waals surface area contributed by atoms with Crippen LogP contribution in [0.4, 0.5) is 0 Å². The van der Waals surface area contributed by atoms with Crippen LogP contribution < -0.4 is 0 Å². The van der Waals surface area contributed by atoms with Gasteiger partial charge in [0.25, 0.3) is 0 Å². The maximum absolute atomic E-state index is 4.77. The van der Waals surface area contributed by atoms with Crippen LogP contribution in [-0.4, -0.2) is 57.8 Å². The highest BCUT2D eigenvalue weighted by atomic mass is 27.3. The zero-order valence-corrected chi connectivity index (χ0v) is 9.01. The molecule has 0 aromatic heterocycles. The molecule has 65 valence electrons. The minimum Gasteiger partial charge on any atom is -0.485 e. The fourth-order valence-electron chi connectivity index (χ4n) is 0.282. The van der Waals surface area contributed by atoms with Crippen molar-refractivity contribution in [1.29, 1.82) is 0 Å². The molecule has 0 aromatic carbocycles. The van der Waals surface area contributed by atoms with Crippen LogP contribution in [0.3, 0.4) is 0 Å². The molecule has 0 saturated carbocycles. The molecule has 0 bridgehead atoms. The van der Waals surface area contributed by atoms with Gasteiger partial charge in [0.1, 0.15) is 0 Å². The lowest BCUT2D eigenvalue weighted by atomic mass is 11.8. The molecule has 0 aliphatic rings. The van der Waals surface area contributed by atoms with E-state index < -0.39 is 31.0 Å². The largest absolute Gasteiger partial charge is 0.931 e. The number of rotatable bonds is 6. The molecule has 0 fully saturated rings. The molecule has 0 heterocycles. The molecule has 11 heavy (non-hydrogen) atoms. The van der Waals surface area contributed by atoms with Crippen LogP contribution in [0.25, 0.3) is 0 Å². The Morgan fingerprint density at radius 3 is 2.00 bits per heavy atom. The van der Waals surface area contributed by atoms with Crippen LogP contribution in [0.1, 0.15) is 0 Å². The van der Waals surface area contributed by atoms with Gasteiger partial charge in [-0.05, 0) is 0 Å². The number of hydrogen-bond acceptors (Lipinski definition) is 5. The van der Waals surface area contributed by atoms with Crippen LogP contribution in [-0.2, 0) is 19.2 Å². The molecule has 0 atom stereocenters. The van der Waals surface area contributed by atoms with Crippen molar-refractivity contribution in [3.63, 3.8) is 0 Å². The van der Waals surface area contributed by atoms with E-state index in [-0.39, 0.29) is 5.48 Å². The minimum atomic E-state index is -2.01. The first kappa shape index (κ1) is 14.4. The second-order valence-electron chi connectivity index (χ2n) is 1.28. The first-order valence-corrected chi connectivity index (χ1v) is 4.93. The third-order valence-electron chi connectivity index (χ3n) is 0.655. The summed E-state index contributed by atoms with van der Waals surface area (Å²) in [5, 5.41) is 0. The van der Waals surface area contributed by atoms with Crippen LogP contribution in [0.2, 0.25) is 0 Å². The molecule has 0 amide bonds. The highest BCUT2D eigenvalue weighted by Crippen LogP contribution is 1.87. The third kappa shape index (κ3) is 8.73. The Bertz CT molecular complexity index is 68.8. The predicted molar refractivity (Wildman–Crippen MR) is 38.3 cm³/mol. The van der Waals surface area contributed by atoms with Gasteiger partial charge in [0.15, 0.2) is 0 Å². The van der Waals surface area contributed by atoms with E-state index in [1.807, 2.05) is 0 Å². The SMILES string of the molecule is C[O][Al][O][O][Al]([O]C)[O]C.O. The highest BCUT2D eigenvalue weighted by molar-refractivity contribution is 6.36. The van der Waals surface area contributed by atoms with Crippen molar-refractivity contribution >= 4 is 31.0 Å².